The van der Waals surface area contributed by atoms with Gasteiger partial charge in [-0.15, -0.1) is 0 Å². The highest BCUT2D eigenvalue weighted by atomic mass is 16.5. The first-order valence-electron chi connectivity index (χ1n) is 7.50. The van der Waals surface area contributed by atoms with Crippen LogP contribution in [0.25, 0.3) is 0 Å². The normalized spacial score (nSPS) is 18.4. The number of carbonyl (C=O) groups is 1. The van der Waals surface area contributed by atoms with E-state index >= 15 is 0 Å². The van der Waals surface area contributed by atoms with Crippen LogP contribution in [-0.4, -0.2) is 45.3 Å². The van der Waals surface area contributed by atoms with Gasteiger partial charge in [-0.25, -0.2) is 0 Å². The molecule has 0 aromatic carbocycles. The fraction of sp³-hybridized carbons (Fsp3) is 0.438. The van der Waals surface area contributed by atoms with Gasteiger partial charge in [0.05, 0.1) is 13.2 Å². The number of hydrogen-bond donors (Lipinski definition) is 0. The standard InChI is InChI=1S/C16H20N4O2/c1-19-14(6-9-18-19)2-3-16(21)20-10-11-22-15(12-20)13-4-7-17-8-5-13/h4-9,15H,2-3,10-12H2,1H3/t15-/m0/s1. The monoisotopic (exact) mass is 300 g/mol. The fourth-order valence-corrected chi connectivity index (χ4v) is 2.70. The van der Waals surface area contributed by atoms with Gasteiger partial charge in [-0.3, -0.25) is 14.5 Å². The van der Waals surface area contributed by atoms with Gasteiger partial charge in [-0.05, 0) is 30.2 Å². The summed E-state index contributed by atoms with van der Waals surface area (Å²) in [5.74, 6) is 0.170. The Hall–Kier alpha value is -2.21. The van der Waals surface area contributed by atoms with Crippen LogP contribution in [0.2, 0.25) is 0 Å². The van der Waals surface area contributed by atoms with Crippen LogP contribution in [0, 0.1) is 0 Å². The van der Waals surface area contributed by atoms with Crippen molar-refractivity contribution in [1.29, 1.82) is 0 Å². The largest absolute Gasteiger partial charge is 0.370 e. The summed E-state index contributed by atoms with van der Waals surface area (Å²) in [6, 6.07) is 5.83. The molecule has 1 amide bonds. The number of ether oxygens (including phenoxy) is 1. The van der Waals surface area contributed by atoms with Crippen molar-refractivity contribution in [2.45, 2.75) is 18.9 Å². The lowest BCUT2D eigenvalue weighted by atomic mass is 10.1. The predicted molar refractivity (Wildman–Crippen MR) is 81.0 cm³/mol. The van der Waals surface area contributed by atoms with E-state index in [4.69, 9.17) is 4.74 Å². The summed E-state index contributed by atoms with van der Waals surface area (Å²) in [7, 11) is 1.90. The molecule has 6 nitrogen and oxygen atoms in total. The molecule has 6 heteroatoms. The first kappa shape index (κ1) is 14.7. The second-order valence-electron chi connectivity index (χ2n) is 5.43. The molecule has 1 atom stereocenters. The molecule has 3 heterocycles. The molecule has 2 aromatic rings. The van der Waals surface area contributed by atoms with E-state index in [-0.39, 0.29) is 12.0 Å². The van der Waals surface area contributed by atoms with E-state index in [9.17, 15) is 4.79 Å². The van der Waals surface area contributed by atoms with Crippen LogP contribution >= 0.6 is 0 Å². The number of rotatable bonds is 4. The van der Waals surface area contributed by atoms with E-state index in [1.807, 2.05) is 34.8 Å². The van der Waals surface area contributed by atoms with E-state index in [1.54, 1.807) is 18.6 Å². The Kier molecular flexibility index (Phi) is 4.48. The number of amides is 1. The minimum atomic E-state index is -0.0580. The van der Waals surface area contributed by atoms with E-state index in [2.05, 4.69) is 10.1 Å². The van der Waals surface area contributed by atoms with Crippen LogP contribution in [0.5, 0.6) is 0 Å². The first-order chi connectivity index (χ1) is 10.7. The van der Waals surface area contributed by atoms with Crippen molar-refractivity contribution in [2.75, 3.05) is 19.7 Å². The van der Waals surface area contributed by atoms with Gasteiger partial charge in [0.25, 0.3) is 0 Å². The number of carbonyl (C=O) groups excluding carboxylic acids is 1. The molecule has 3 rings (SSSR count). The molecule has 0 N–H and O–H groups in total. The molecule has 0 aliphatic carbocycles. The average molecular weight is 300 g/mol. The molecular formula is C16H20N4O2. The van der Waals surface area contributed by atoms with Gasteiger partial charge < -0.3 is 9.64 Å². The van der Waals surface area contributed by atoms with Crippen molar-refractivity contribution in [1.82, 2.24) is 19.7 Å². The summed E-state index contributed by atoms with van der Waals surface area (Å²) in [5.41, 5.74) is 2.14. The topological polar surface area (TPSA) is 60.2 Å². The number of aromatic nitrogens is 3. The van der Waals surface area contributed by atoms with Crippen LogP contribution in [0.15, 0.2) is 36.8 Å². The molecule has 1 aliphatic heterocycles. The van der Waals surface area contributed by atoms with Crippen molar-refractivity contribution < 1.29 is 9.53 Å². The summed E-state index contributed by atoms with van der Waals surface area (Å²) in [5, 5.41) is 4.12. The molecule has 116 valence electrons. The second-order valence-corrected chi connectivity index (χ2v) is 5.43. The molecule has 0 radical (unpaired) electrons. The number of nitrogens with zero attached hydrogens (tertiary/aromatic N) is 4. The van der Waals surface area contributed by atoms with Gasteiger partial charge >= 0.3 is 0 Å². The van der Waals surface area contributed by atoms with Crippen molar-refractivity contribution in [2.24, 2.45) is 7.05 Å². The van der Waals surface area contributed by atoms with Gasteiger partial charge in [0, 0.05) is 44.3 Å². The minimum Gasteiger partial charge on any atom is -0.370 e. The Morgan fingerprint density at radius 1 is 1.32 bits per heavy atom. The lowest BCUT2D eigenvalue weighted by Gasteiger charge is -2.33. The van der Waals surface area contributed by atoms with Gasteiger partial charge in [0.1, 0.15) is 6.10 Å². The zero-order valence-corrected chi connectivity index (χ0v) is 12.7. The van der Waals surface area contributed by atoms with Crippen molar-refractivity contribution in [3.05, 3.63) is 48.0 Å². The molecule has 0 unspecified atom stereocenters. The van der Waals surface area contributed by atoms with E-state index in [0.717, 1.165) is 11.3 Å². The summed E-state index contributed by atoms with van der Waals surface area (Å²) >= 11 is 0. The average Bonchev–Trinajstić information content (AvgIpc) is 2.99. The highest BCUT2D eigenvalue weighted by Gasteiger charge is 2.25. The maximum atomic E-state index is 12.4. The Balaban J connectivity index is 1.57. The Bertz CT molecular complexity index is 626. The maximum Gasteiger partial charge on any atom is 0.223 e. The summed E-state index contributed by atoms with van der Waals surface area (Å²) in [6.07, 6.45) is 6.42. The van der Waals surface area contributed by atoms with Crippen LogP contribution < -0.4 is 0 Å². The van der Waals surface area contributed by atoms with Gasteiger partial charge in [0.15, 0.2) is 0 Å². The minimum absolute atomic E-state index is 0.0580. The molecule has 0 spiro atoms. The summed E-state index contributed by atoms with van der Waals surface area (Å²) in [6.45, 7) is 1.84. The molecule has 2 aromatic heterocycles. The molecule has 0 saturated carbocycles. The highest BCUT2D eigenvalue weighted by molar-refractivity contribution is 5.76. The SMILES string of the molecule is Cn1nccc1CCC(=O)N1CCO[C@H](c2ccncc2)C1. The molecular weight excluding hydrogens is 280 g/mol. The van der Waals surface area contributed by atoms with Crippen LogP contribution in [-0.2, 0) is 23.0 Å². The lowest BCUT2D eigenvalue weighted by Crippen LogP contribution is -2.42. The van der Waals surface area contributed by atoms with E-state index in [0.29, 0.717) is 32.5 Å². The Labute approximate surface area is 129 Å². The van der Waals surface area contributed by atoms with Crippen molar-refractivity contribution >= 4 is 5.91 Å². The third-order valence-corrected chi connectivity index (χ3v) is 4.01. The quantitative estimate of drug-likeness (QED) is 0.855. The second kappa shape index (κ2) is 6.70. The zero-order chi connectivity index (χ0) is 15.4. The van der Waals surface area contributed by atoms with Gasteiger partial charge in [-0.1, -0.05) is 0 Å². The molecule has 22 heavy (non-hydrogen) atoms. The van der Waals surface area contributed by atoms with Crippen molar-refractivity contribution in [3.8, 4) is 0 Å². The molecule has 1 fully saturated rings. The number of pyridine rings is 1. The summed E-state index contributed by atoms with van der Waals surface area (Å²) in [4.78, 5) is 18.3. The van der Waals surface area contributed by atoms with Gasteiger partial charge in [0.2, 0.25) is 5.91 Å². The number of morpholine rings is 1. The first-order valence-corrected chi connectivity index (χ1v) is 7.50. The van der Waals surface area contributed by atoms with E-state index < -0.39 is 0 Å². The maximum absolute atomic E-state index is 12.4. The summed E-state index contributed by atoms with van der Waals surface area (Å²) < 4.78 is 7.59. The molecule has 1 aliphatic rings. The lowest BCUT2D eigenvalue weighted by molar-refractivity contribution is -0.139. The van der Waals surface area contributed by atoms with Crippen LogP contribution in [0.4, 0.5) is 0 Å². The molecule has 0 bridgehead atoms. The fourth-order valence-electron chi connectivity index (χ4n) is 2.70. The van der Waals surface area contributed by atoms with Gasteiger partial charge in [-0.2, -0.15) is 5.10 Å². The predicted octanol–water partition coefficient (Wildman–Crippen LogP) is 1.35. The van der Waals surface area contributed by atoms with E-state index in [1.165, 1.54) is 0 Å². The Morgan fingerprint density at radius 3 is 2.86 bits per heavy atom. The zero-order valence-electron chi connectivity index (χ0n) is 12.7. The van der Waals surface area contributed by atoms with Crippen LogP contribution in [0.3, 0.4) is 0 Å². The number of aryl methyl sites for hydroxylation is 2. The van der Waals surface area contributed by atoms with Crippen LogP contribution in [0.1, 0.15) is 23.8 Å². The smallest absolute Gasteiger partial charge is 0.223 e. The third-order valence-electron chi connectivity index (χ3n) is 4.01. The third kappa shape index (κ3) is 3.33. The molecule has 1 saturated heterocycles. The highest BCUT2D eigenvalue weighted by Crippen LogP contribution is 2.22. The van der Waals surface area contributed by atoms with Crippen molar-refractivity contribution in [3.63, 3.8) is 0 Å². The number of hydrogen-bond acceptors (Lipinski definition) is 4. The Morgan fingerprint density at radius 2 is 2.14 bits per heavy atom.